The van der Waals surface area contributed by atoms with Crippen molar-refractivity contribution in [3.8, 4) is 0 Å². The van der Waals surface area contributed by atoms with Gasteiger partial charge in [0.25, 0.3) is 11.5 Å². The van der Waals surface area contributed by atoms with Crippen molar-refractivity contribution in [3.63, 3.8) is 0 Å². The SMILES string of the molecule is CCCC[P+](CCCC)(CCCC)CCCCC(=O)CCC(=O)CCC(=O)C(C)C.CCCC[P+](CCCC)(CCCC)CCCCC(=O)c1ccc(C(C)COC(=O)C(C)C)c([N+](=O)[O-])c1.Cc1n(CCCCC(=O)CCC(=O)C(C)C)cc[n+]1C.F[B-](F)(F)F.[Br-].[Br-]. The Morgan fingerprint density at radius 3 is 1.22 bits per heavy atom. The van der Waals surface area contributed by atoms with E-state index in [0.29, 0.717) is 68.9 Å². The Labute approximate surface area is 589 Å². The minimum absolute atomic E-state index is 0. The number of halogens is 6. The Bertz CT molecular complexity index is 2380. The van der Waals surface area contributed by atoms with Crippen LogP contribution < -0.4 is 38.5 Å². The van der Waals surface area contributed by atoms with Gasteiger partial charge in [0.1, 0.15) is 41.3 Å². The third kappa shape index (κ3) is 47.8. The number of nitro benzene ring substituents is 1. The predicted molar refractivity (Wildman–Crippen MR) is 378 cm³/mol. The van der Waals surface area contributed by atoms with E-state index in [1.54, 1.807) is 32.9 Å². The fourth-order valence-electron chi connectivity index (χ4n) is 10.9. The van der Waals surface area contributed by atoms with E-state index in [1.165, 1.54) is 145 Å². The topological polar surface area (TPSA) is 181 Å². The molecule has 0 aliphatic heterocycles. The molecule has 1 atom stereocenters. The summed E-state index contributed by atoms with van der Waals surface area (Å²) in [5.74, 6) is 1.12. The molecule has 0 amide bonds. The van der Waals surface area contributed by atoms with Crippen LogP contribution in [-0.4, -0.2) is 113 Å². The number of imidazole rings is 1. The van der Waals surface area contributed by atoms with Crippen molar-refractivity contribution in [2.75, 3.05) is 55.9 Å². The molecule has 0 aliphatic carbocycles. The van der Waals surface area contributed by atoms with Crippen molar-refractivity contribution in [2.45, 2.75) is 283 Å². The Balaban J connectivity index is -0.000000638. The first kappa shape index (κ1) is 97.3. The van der Waals surface area contributed by atoms with Gasteiger partial charge in [-0.1, -0.05) is 141 Å². The Morgan fingerprint density at radius 1 is 0.532 bits per heavy atom. The number of carbonyl (C=O) groups is 7. The molecule has 94 heavy (non-hydrogen) atoms. The van der Waals surface area contributed by atoms with E-state index in [0.717, 1.165) is 38.6 Å². The van der Waals surface area contributed by atoms with Crippen LogP contribution in [-0.2, 0) is 47.1 Å². The monoisotopic (exact) mass is 1500 g/mol. The molecule has 1 unspecified atom stereocenters. The van der Waals surface area contributed by atoms with E-state index in [4.69, 9.17) is 4.74 Å². The van der Waals surface area contributed by atoms with Crippen LogP contribution in [0.2, 0.25) is 0 Å². The number of esters is 1. The van der Waals surface area contributed by atoms with E-state index in [-0.39, 0.29) is 111 Å². The lowest BCUT2D eigenvalue weighted by Gasteiger charge is -2.28. The molecule has 0 spiro atoms. The quantitative estimate of drug-likeness (QED) is 0.00712. The number of aromatic nitrogens is 2. The molecule has 2 aromatic rings. The smallest absolute Gasteiger partial charge is 0.673 e. The molecule has 13 nitrogen and oxygen atoms in total. The highest BCUT2D eigenvalue weighted by Crippen LogP contribution is 2.62. The van der Waals surface area contributed by atoms with Gasteiger partial charge >= 0.3 is 13.2 Å². The minimum Gasteiger partial charge on any atom is -1.00 e. The number of nitrogens with zero attached hydrogens (tertiary/aromatic N) is 3. The molecule has 22 heteroatoms. The number of unbranched alkanes of at least 4 members (excludes halogenated alkanes) is 9. The molecule has 0 radical (unpaired) electrons. The van der Waals surface area contributed by atoms with E-state index in [9.17, 15) is 60.9 Å². The van der Waals surface area contributed by atoms with E-state index in [1.807, 2.05) is 40.9 Å². The number of carbonyl (C=O) groups excluding carboxylic acids is 7. The summed E-state index contributed by atoms with van der Waals surface area (Å²) in [6.45, 7) is 29.6. The van der Waals surface area contributed by atoms with E-state index >= 15 is 0 Å². The van der Waals surface area contributed by atoms with Gasteiger partial charge in [-0.3, -0.25) is 43.7 Å². The lowest BCUT2D eigenvalue weighted by Crippen LogP contribution is -3.00. The van der Waals surface area contributed by atoms with Gasteiger partial charge in [0, 0.05) is 114 Å². The highest BCUT2D eigenvalue weighted by atomic mass is 79.9. The van der Waals surface area contributed by atoms with Crippen LogP contribution in [0.15, 0.2) is 30.6 Å². The van der Waals surface area contributed by atoms with Crippen LogP contribution in [0.4, 0.5) is 23.0 Å². The molecule has 0 saturated heterocycles. The zero-order valence-electron chi connectivity index (χ0n) is 61.0. The normalized spacial score (nSPS) is 11.7. The summed E-state index contributed by atoms with van der Waals surface area (Å²) < 4.78 is 48.6. The summed E-state index contributed by atoms with van der Waals surface area (Å²) in [7, 11) is -5.80. The number of ether oxygens (including phenoxy) is 1. The van der Waals surface area contributed by atoms with Crippen LogP contribution in [0.25, 0.3) is 0 Å². The third-order valence-corrected chi connectivity index (χ3v) is 27.5. The summed E-state index contributed by atoms with van der Waals surface area (Å²) in [5, 5.41) is 11.8. The van der Waals surface area contributed by atoms with Gasteiger partial charge in [-0.15, -0.1) is 0 Å². The average molecular weight is 1500 g/mol. The molecule has 0 fully saturated rings. The van der Waals surface area contributed by atoms with Crippen LogP contribution in [0.5, 0.6) is 0 Å². The maximum absolute atomic E-state index is 12.9. The summed E-state index contributed by atoms with van der Waals surface area (Å²) in [5.41, 5.74) is 0.795. The first-order valence-electron chi connectivity index (χ1n) is 35.5. The van der Waals surface area contributed by atoms with E-state index in [2.05, 4.69) is 63.8 Å². The first-order valence-corrected chi connectivity index (χ1v) is 40.6. The second-order valence-corrected chi connectivity index (χ2v) is 35.6. The second-order valence-electron chi connectivity index (χ2n) is 26.6. The fourth-order valence-corrected chi connectivity index (χ4v) is 21.3. The first-order chi connectivity index (χ1) is 43.3. The van der Waals surface area contributed by atoms with Crippen molar-refractivity contribution in [1.82, 2.24) is 4.57 Å². The Kier molecular flexibility index (Phi) is 58.8. The number of ketones is 6. The maximum Gasteiger partial charge on any atom is 0.673 e. The number of benzene rings is 1. The zero-order chi connectivity index (χ0) is 70.3. The van der Waals surface area contributed by atoms with Gasteiger partial charge < -0.3 is 56.0 Å². The van der Waals surface area contributed by atoms with Gasteiger partial charge in [-0.25, -0.2) is 9.13 Å². The molecule has 0 bridgehead atoms. The maximum atomic E-state index is 12.9. The highest BCUT2D eigenvalue weighted by molar-refractivity contribution is 7.76. The standard InChI is InChI=1S/C30H51NO5P.C26H50O3P.C16H27N2O2.BF4.2BrH/c1-7-10-18-37(19-11-8-2,20-12-9-3)21-14-13-15-29(32)26-16-17-27(28(22-26)31(34)35)25(6)23-36-30(33)24(4)5;1-6-9-19-30(20-10-7-2,21-11-8-3)22-13-12-14-24(27)15-16-25(28)17-18-26(29)23(4)5;1-13(2)16(20)9-8-15(19)7-5-6-10-18-12-11-17(4)14(18)3;2-1(3,4)5;;/h16-17,22,24-25H,7-15,18-21,23H2,1-6H3;23H,6-22H2,1-5H3;11-13H,5-10H2,1-4H3;;2*1H/q3*+1;-1;;/p-2. The van der Waals surface area contributed by atoms with Crippen LogP contribution in [0.3, 0.4) is 0 Å². The van der Waals surface area contributed by atoms with Crippen LogP contribution >= 0.6 is 14.5 Å². The highest BCUT2D eigenvalue weighted by Gasteiger charge is 2.36. The van der Waals surface area contributed by atoms with Crippen LogP contribution in [0, 0.1) is 34.8 Å². The molecule has 1 aromatic heterocycles. The largest absolute Gasteiger partial charge is 1.00 e. The Morgan fingerprint density at radius 2 is 0.883 bits per heavy atom. The lowest BCUT2D eigenvalue weighted by atomic mass is 9.96. The Hall–Kier alpha value is -3.08. The number of Topliss-reactive ketones (excluding diaryl/α,β-unsaturated/α-hetero) is 6. The molecule has 0 N–H and O–H groups in total. The molecule has 1 aromatic carbocycles. The molecular formula is C72H128BBr2F4N3O10P2. The van der Waals surface area contributed by atoms with Gasteiger partial charge in [0.05, 0.1) is 80.3 Å². The van der Waals surface area contributed by atoms with Gasteiger partial charge in [0.15, 0.2) is 5.78 Å². The van der Waals surface area contributed by atoms with Gasteiger partial charge in [-0.2, -0.15) is 0 Å². The third-order valence-electron chi connectivity index (χ3n) is 17.3. The fraction of sp³-hybridized carbons (Fsp3) is 0.778. The van der Waals surface area contributed by atoms with Crippen molar-refractivity contribution >= 4 is 68.1 Å². The minimum atomic E-state index is -6.00. The van der Waals surface area contributed by atoms with Crippen molar-refractivity contribution in [3.05, 3.63) is 57.7 Å². The molecule has 2 rings (SSSR count). The number of aryl methyl sites for hydroxylation is 2. The summed E-state index contributed by atoms with van der Waals surface area (Å²) in [6.07, 6.45) is 40.5. The molecule has 0 saturated carbocycles. The summed E-state index contributed by atoms with van der Waals surface area (Å²) >= 11 is 0. The predicted octanol–water partition coefficient (Wildman–Crippen LogP) is 13.8. The van der Waals surface area contributed by atoms with Crippen molar-refractivity contribution in [1.29, 1.82) is 0 Å². The molecule has 1 heterocycles. The average Bonchev–Trinajstić information content (AvgIpc) is 1.04. The van der Waals surface area contributed by atoms with Crippen molar-refractivity contribution in [2.24, 2.45) is 24.8 Å². The molecule has 546 valence electrons. The molecular weight excluding hydrogens is 1380 g/mol. The van der Waals surface area contributed by atoms with Crippen LogP contribution in [0.1, 0.15) is 291 Å². The lowest BCUT2D eigenvalue weighted by molar-refractivity contribution is -0.677. The second kappa shape index (κ2) is 56.8. The number of hydrogen-bond donors (Lipinski definition) is 0. The number of nitro groups is 1. The zero-order valence-corrected chi connectivity index (χ0v) is 66.0. The summed E-state index contributed by atoms with van der Waals surface area (Å²) in [4.78, 5) is 95.0. The molecule has 0 aliphatic rings. The number of hydrogen-bond acceptors (Lipinski definition) is 10. The summed E-state index contributed by atoms with van der Waals surface area (Å²) in [6, 6.07) is 4.74. The van der Waals surface area contributed by atoms with Crippen molar-refractivity contribution < 1.29 is 99.0 Å². The van der Waals surface area contributed by atoms with Gasteiger partial charge in [-0.05, 0) is 77.0 Å². The van der Waals surface area contributed by atoms with E-state index < -0.39 is 26.7 Å². The van der Waals surface area contributed by atoms with Gasteiger partial charge in [0.2, 0.25) is 0 Å². The number of rotatable bonds is 50.